The minimum Gasteiger partial charge on any atom is -0.494 e. The molecule has 0 aromatic heterocycles. The maximum Gasteiger partial charge on any atom is 0.343 e. The SMILES string of the molecule is C=CC(=O)OCCCCCCOc1ccc(CCC(=O)Oc2ccc(C(=O)Oc3ccc(OC(=O)c4ccc(OC(=O)CCc5ccc(OC(=O)C=C)cc5)cc4)c(C)c3)cc2)cc1.CCCOCCC. The fourth-order valence-electron chi connectivity index (χ4n) is 6.30. The molecule has 0 amide bonds. The van der Waals surface area contributed by atoms with Crippen molar-refractivity contribution in [3.63, 3.8) is 0 Å². The Hall–Kier alpha value is -7.84. The molecule has 0 heterocycles. The van der Waals surface area contributed by atoms with Crippen LogP contribution in [0.2, 0.25) is 0 Å². The van der Waals surface area contributed by atoms with Crippen LogP contribution in [-0.4, -0.2) is 62.2 Å². The van der Waals surface area contributed by atoms with Gasteiger partial charge in [-0.3, -0.25) is 9.59 Å². The van der Waals surface area contributed by atoms with Crippen molar-refractivity contribution in [1.29, 1.82) is 0 Å². The lowest BCUT2D eigenvalue weighted by molar-refractivity contribution is -0.138. The van der Waals surface area contributed by atoms with Crippen molar-refractivity contribution in [1.82, 2.24) is 0 Å². The summed E-state index contributed by atoms with van der Waals surface area (Å²) in [5.41, 5.74) is 2.80. The van der Waals surface area contributed by atoms with Crippen LogP contribution in [0.4, 0.5) is 0 Å². The molecule has 0 aliphatic rings. The highest BCUT2D eigenvalue weighted by Gasteiger charge is 2.16. The predicted octanol–water partition coefficient (Wildman–Crippen LogP) is 11.1. The minimum absolute atomic E-state index is 0.101. The van der Waals surface area contributed by atoms with Crippen molar-refractivity contribution < 1.29 is 66.7 Å². The van der Waals surface area contributed by atoms with E-state index in [9.17, 15) is 28.8 Å². The van der Waals surface area contributed by atoms with Crippen LogP contribution in [0.15, 0.2) is 141 Å². The molecule has 0 bridgehead atoms. The van der Waals surface area contributed by atoms with Crippen molar-refractivity contribution in [3.8, 4) is 34.5 Å². The number of benzene rings is 5. The van der Waals surface area contributed by atoms with E-state index in [0.29, 0.717) is 37.4 Å². The third kappa shape index (κ3) is 21.6. The summed E-state index contributed by atoms with van der Waals surface area (Å²) in [7, 11) is 0. The van der Waals surface area contributed by atoms with Gasteiger partial charge < -0.3 is 37.9 Å². The molecule has 0 unspecified atom stereocenters. The molecule has 0 aliphatic carbocycles. The first-order valence-electron chi connectivity index (χ1n) is 23.6. The zero-order valence-corrected chi connectivity index (χ0v) is 40.7. The third-order valence-electron chi connectivity index (χ3n) is 10.1. The maximum absolute atomic E-state index is 12.9. The topological polar surface area (TPSA) is 176 Å². The van der Waals surface area contributed by atoms with Crippen molar-refractivity contribution >= 4 is 35.8 Å². The van der Waals surface area contributed by atoms with E-state index in [-0.39, 0.29) is 47.0 Å². The van der Waals surface area contributed by atoms with E-state index in [4.69, 9.17) is 37.9 Å². The Bertz CT molecular complexity index is 2490. The van der Waals surface area contributed by atoms with E-state index in [2.05, 4.69) is 27.0 Å². The van der Waals surface area contributed by atoms with Crippen LogP contribution in [0.25, 0.3) is 0 Å². The summed E-state index contributed by atoms with van der Waals surface area (Å²) in [6.45, 7) is 15.5. The van der Waals surface area contributed by atoms with Gasteiger partial charge in [0.05, 0.1) is 24.3 Å². The molecule has 0 radical (unpaired) electrons. The maximum atomic E-state index is 12.9. The smallest absolute Gasteiger partial charge is 0.343 e. The Labute approximate surface area is 415 Å². The highest BCUT2D eigenvalue weighted by atomic mass is 16.6. The van der Waals surface area contributed by atoms with Crippen LogP contribution in [-0.2, 0) is 41.5 Å². The van der Waals surface area contributed by atoms with Crippen LogP contribution < -0.4 is 28.4 Å². The fourth-order valence-corrected chi connectivity index (χ4v) is 6.30. The van der Waals surface area contributed by atoms with Gasteiger partial charge in [0.25, 0.3) is 0 Å². The molecule has 5 aromatic carbocycles. The molecule has 5 rings (SSSR count). The standard InChI is InChI=1S/C51H48O13.C6H14O/c1-4-46(52)59-33-9-7-6-8-32-58-40-20-10-36(11-21-40)14-30-48(54)61-42-24-16-38(17-25-42)50(56)63-44-28-29-45(35(3)34-44)64-51(57)39-18-26-43(27-19-39)62-49(55)31-15-37-12-22-41(23-13-37)60-47(53)5-2;1-3-5-7-6-4-2/h4-5,10-13,16-29,34H,1-2,6-9,14-15,30-33H2,3H3;3-6H2,1-2H3. The third-order valence-corrected chi connectivity index (χ3v) is 10.1. The number of unbranched alkanes of at least 4 members (excludes halogenated alkanes) is 3. The van der Waals surface area contributed by atoms with Crippen LogP contribution in [0.1, 0.15) is 103 Å². The van der Waals surface area contributed by atoms with Gasteiger partial charge in [0, 0.05) is 38.2 Å². The number of carbonyl (C=O) groups excluding carboxylic acids is 6. The molecule has 0 aliphatic heterocycles. The summed E-state index contributed by atoms with van der Waals surface area (Å²) in [5.74, 6) is -0.997. The number of hydrogen-bond donors (Lipinski definition) is 0. The van der Waals surface area contributed by atoms with Crippen molar-refractivity contribution in [2.75, 3.05) is 26.4 Å². The molecule has 0 N–H and O–H groups in total. The zero-order chi connectivity index (χ0) is 51.2. The van der Waals surface area contributed by atoms with E-state index in [0.717, 1.165) is 80.8 Å². The van der Waals surface area contributed by atoms with Crippen molar-refractivity contribution in [2.24, 2.45) is 0 Å². The second-order valence-corrected chi connectivity index (χ2v) is 15.9. The molecule has 14 heteroatoms. The minimum atomic E-state index is -0.642. The van der Waals surface area contributed by atoms with Crippen molar-refractivity contribution in [2.45, 2.75) is 85.0 Å². The van der Waals surface area contributed by atoms with Gasteiger partial charge in [0.1, 0.15) is 34.5 Å². The Morgan fingerprint density at radius 2 is 0.915 bits per heavy atom. The molecule has 374 valence electrons. The Balaban J connectivity index is 0.00000145. The molecular weight excluding hydrogens is 909 g/mol. The van der Waals surface area contributed by atoms with Crippen LogP contribution >= 0.6 is 0 Å². The highest BCUT2D eigenvalue weighted by molar-refractivity contribution is 5.92. The summed E-state index contributed by atoms with van der Waals surface area (Å²) in [5, 5.41) is 0. The van der Waals surface area contributed by atoms with Gasteiger partial charge in [-0.05, 0) is 166 Å². The average Bonchev–Trinajstić information content (AvgIpc) is 3.38. The van der Waals surface area contributed by atoms with Gasteiger partial charge in [-0.2, -0.15) is 0 Å². The number of aryl methyl sites for hydroxylation is 3. The quantitative estimate of drug-likeness (QED) is 0.0210. The van der Waals surface area contributed by atoms with E-state index >= 15 is 0 Å². The van der Waals surface area contributed by atoms with Gasteiger partial charge in [-0.15, -0.1) is 0 Å². The molecular formula is C57H62O14. The van der Waals surface area contributed by atoms with Crippen LogP contribution in [0.5, 0.6) is 34.5 Å². The summed E-state index contributed by atoms with van der Waals surface area (Å²) in [6.07, 6.45) is 9.21. The molecule has 14 nitrogen and oxygen atoms in total. The normalized spacial score (nSPS) is 10.4. The summed E-state index contributed by atoms with van der Waals surface area (Å²) >= 11 is 0. The largest absolute Gasteiger partial charge is 0.494 e. The first-order valence-corrected chi connectivity index (χ1v) is 23.6. The van der Waals surface area contributed by atoms with Gasteiger partial charge >= 0.3 is 35.8 Å². The fraction of sp³-hybridized carbons (Fsp3) is 0.298. The predicted molar refractivity (Wildman–Crippen MR) is 267 cm³/mol. The van der Waals surface area contributed by atoms with Gasteiger partial charge in [0.2, 0.25) is 0 Å². The second kappa shape index (κ2) is 31.3. The summed E-state index contributed by atoms with van der Waals surface area (Å²) in [6, 6.07) is 30.8. The summed E-state index contributed by atoms with van der Waals surface area (Å²) < 4.78 is 42.9. The lowest BCUT2D eigenvalue weighted by Crippen LogP contribution is -2.12. The lowest BCUT2D eigenvalue weighted by Gasteiger charge is -2.11. The number of rotatable bonds is 27. The molecule has 0 saturated carbocycles. The monoisotopic (exact) mass is 970 g/mol. The molecule has 5 aromatic rings. The molecule has 0 atom stereocenters. The van der Waals surface area contributed by atoms with E-state index < -0.39 is 35.8 Å². The van der Waals surface area contributed by atoms with Gasteiger partial charge in [-0.25, -0.2) is 19.2 Å². The number of hydrogen-bond acceptors (Lipinski definition) is 14. The van der Waals surface area contributed by atoms with Crippen LogP contribution in [0.3, 0.4) is 0 Å². The van der Waals surface area contributed by atoms with E-state index in [1.165, 1.54) is 60.7 Å². The van der Waals surface area contributed by atoms with Crippen LogP contribution in [0, 0.1) is 6.92 Å². The molecule has 0 saturated heterocycles. The number of ether oxygens (including phenoxy) is 8. The molecule has 0 spiro atoms. The lowest BCUT2D eigenvalue weighted by atomic mass is 10.1. The number of esters is 6. The zero-order valence-electron chi connectivity index (χ0n) is 40.7. The second-order valence-electron chi connectivity index (χ2n) is 15.9. The van der Waals surface area contributed by atoms with E-state index in [1.807, 2.05) is 24.3 Å². The summed E-state index contributed by atoms with van der Waals surface area (Å²) in [4.78, 5) is 73.1. The van der Waals surface area contributed by atoms with Gasteiger partial charge in [0.15, 0.2) is 0 Å². The van der Waals surface area contributed by atoms with Gasteiger partial charge in [-0.1, -0.05) is 51.3 Å². The average molecular weight is 971 g/mol. The molecule has 71 heavy (non-hydrogen) atoms. The number of carbonyl (C=O) groups is 6. The molecule has 0 fully saturated rings. The Morgan fingerprint density at radius 3 is 1.41 bits per heavy atom. The van der Waals surface area contributed by atoms with E-state index in [1.54, 1.807) is 37.3 Å². The Morgan fingerprint density at radius 1 is 0.465 bits per heavy atom. The Kier molecular flexibility index (Phi) is 24.6. The van der Waals surface area contributed by atoms with Crippen molar-refractivity contribution in [3.05, 3.63) is 168 Å². The first-order chi connectivity index (χ1) is 34.4. The first kappa shape index (κ1) is 55.8. The highest BCUT2D eigenvalue weighted by Crippen LogP contribution is 2.26.